The summed E-state index contributed by atoms with van der Waals surface area (Å²) < 4.78 is 1.72. The molecule has 0 bridgehead atoms. The number of hydrogen-bond donors (Lipinski definition) is 4. The second-order valence-electron chi connectivity index (χ2n) is 9.17. The fourth-order valence-corrected chi connectivity index (χ4v) is 4.33. The Labute approximate surface area is 180 Å². The number of anilines is 1. The molecule has 2 amide bonds. The van der Waals surface area contributed by atoms with E-state index in [4.69, 9.17) is 17.2 Å². The Morgan fingerprint density at radius 3 is 2.32 bits per heavy atom. The lowest BCUT2D eigenvalue weighted by molar-refractivity contribution is 0.0992. The zero-order valence-corrected chi connectivity index (χ0v) is 18.0. The zero-order valence-electron chi connectivity index (χ0n) is 18.0. The fourth-order valence-electron chi connectivity index (χ4n) is 4.33. The van der Waals surface area contributed by atoms with Gasteiger partial charge < -0.3 is 22.5 Å². The number of primary amides is 2. The number of carbonyl (C=O) groups is 2. The Balaban J connectivity index is 1.79. The van der Waals surface area contributed by atoms with Crippen molar-refractivity contribution in [2.45, 2.75) is 45.2 Å². The molecule has 7 N–H and O–H groups in total. The molecular weight excluding hydrogens is 392 g/mol. The van der Waals surface area contributed by atoms with Crippen molar-refractivity contribution < 1.29 is 9.59 Å². The van der Waals surface area contributed by atoms with Crippen molar-refractivity contribution in [3.8, 4) is 11.1 Å². The number of nitrogens with one attached hydrogen (secondary N) is 1. The minimum absolute atomic E-state index is 0.0694. The molecule has 1 aromatic carbocycles. The second kappa shape index (κ2) is 7.09. The monoisotopic (exact) mass is 420 g/mol. The molecule has 2 atom stereocenters. The first kappa shape index (κ1) is 20.9. The number of fused-ring (bicyclic) bond motifs is 1. The van der Waals surface area contributed by atoms with Crippen LogP contribution in [0, 0.1) is 5.41 Å². The lowest BCUT2D eigenvalue weighted by Crippen LogP contribution is -2.51. The average molecular weight is 421 g/mol. The van der Waals surface area contributed by atoms with E-state index >= 15 is 0 Å². The quantitative estimate of drug-likeness (QED) is 0.502. The molecule has 3 aromatic rings. The molecule has 4 rings (SSSR count). The van der Waals surface area contributed by atoms with Crippen molar-refractivity contribution >= 4 is 23.0 Å². The Morgan fingerprint density at radius 2 is 1.77 bits per heavy atom. The number of hydrogen-bond acceptors (Lipinski definition) is 5. The van der Waals surface area contributed by atoms with Crippen LogP contribution in [-0.4, -0.2) is 33.0 Å². The van der Waals surface area contributed by atoms with Crippen LogP contribution in [0.1, 0.15) is 54.3 Å². The highest BCUT2D eigenvalue weighted by Crippen LogP contribution is 2.46. The number of amides is 2. The van der Waals surface area contributed by atoms with Crippen LogP contribution in [0.4, 0.5) is 5.69 Å². The molecule has 1 saturated carbocycles. The smallest absolute Gasteiger partial charge is 0.252 e. The zero-order chi connectivity index (χ0) is 22.6. The first-order chi connectivity index (χ1) is 14.5. The lowest BCUT2D eigenvalue weighted by Gasteiger charge is -2.39. The normalized spacial score (nSPS) is 22.5. The van der Waals surface area contributed by atoms with Gasteiger partial charge in [-0.25, -0.2) is 4.52 Å². The van der Waals surface area contributed by atoms with E-state index in [2.05, 4.69) is 31.2 Å². The summed E-state index contributed by atoms with van der Waals surface area (Å²) in [6.07, 6.45) is 5.12. The van der Waals surface area contributed by atoms with Crippen LogP contribution in [0.15, 0.2) is 42.7 Å². The van der Waals surface area contributed by atoms with E-state index in [1.165, 1.54) is 6.20 Å². The van der Waals surface area contributed by atoms with E-state index in [1.54, 1.807) is 16.6 Å². The first-order valence-corrected chi connectivity index (χ1v) is 10.3. The van der Waals surface area contributed by atoms with E-state index < -0.39 is 11.8 Å². The third-order valence-corrected chi connectivity index (χ3v) is 7.02. The predicted molar refractivity (Wildman–Crippen MR) is 121 cm³/mol. The van der Waals surface area contributed by atoms with Crippen LogP contribution < -0.4 is 22.5 Å². The van der Waals surface area contributed by atoms with Crippen molar-refractivity contribution in [2.75, 3.05) is 5.32 Å². The third-order valence-electron chi connectivity index (χ3n) is 7.02. The number of aromatic nitrogens is 2. The topological polar surface area (TPSA) is 142 Å². The number of benzene rings is 1. The Bertz CT molecular complexity index is 1180. The molecule has 8 heteroatoms. The van der Waals surface area contributed by atoms with Crippen molar-refractivity contribution in [2.24, 2.45) is 22.6 Å². The van der Waals surface area contributed by atoms with Gasteiger partial charge in [0.1, 0.15) is 0 Å². The number of carbonyl (C=O) groups excluding carboxylic acids is 2. The maximum Gasteiger partial charge on any atom is 0.252 e. The predicted octanol–water partition coefficient (Wildman–Crippen LogP) is 2.52. The van der Waals surface area contributed by atoms with E-state index in [9.17, 15) is 9.59 Å². The molecule has 31 heavy (non-hydrogen) atoms. The SMILES string of the molecule is CC1(C)[C@H](Nc2c(C(N)=O)cnn3cc(-c4ccc(C(N)=O)cc4)cc23)CC[C@]1(C)N. The highest BCUT2D eigenvalue weighted by atomic mass is 16.1. The van der Waals surface area contributed by atoms with Gasteiger partial charge in [-0.05, 0) is 43.5 Å². The molecule has 2 aromatic heterocycles. The van der Waals surface area contributed by atoms with Gasteiger partial charge in [0.05, 0.1) is 23.0 Å². The van der Waals surface area contributed by atoms with Crippen LogP contribution in [0.3, 0.4) is 0 Å². The maximum absolute atomic E-state index is 12.2. The second-order valence-corrected chi connectivity index (χ2v) is 9.17. The van der Waals surface area contributed by atoms with Gasteiger partial charge in [-0.2, -0.15) is 5.10 Å². The third kappa shape index (κ3) is 3.42. The highest BCUT2D eigenvalue weighted by Gasteiger charge is 2.49. The highest BCUT2D eigenvalue weighted by molar-refractivity contribution is 6.02. The van der Waals surface area contributed by atoms with Gasteiger partial charge >= 0.3 is 0 Å². The molecule has 0 unspecified atom stereocenters. The van der Waals surface area contributed by atoms with Gasteiger partial charge in [0.2, 0.25) is 5.91 Å². The van der Waals surface area contributed by atoms with Crippen LogP contribution in [0.2, 0.25) is 0 Å². The van der Waals surface area contributed by atoms with E-state index in [0.717, 1.165) is 29.5 Å². The summed E-state index contributed by atoms with van der Waals surface area (Å²) in [5, 5.41) is 7.94. The summed E-state index contributed by atoms with van der Waals surface area (Å²) in [7, 11) is 0. The van der Waals surface area contributed by atoms with Crippen LogP contribution in [-0.2, 0) is 0 Å². The molecule has 0 radical (unpaired) electrons. The maximum atomic E-state index is 12.2. The van der Waals surface area contributed by atoms with E-state index in [-0.39, 0.29) is 17.0 Å². The summed E-state index contributed by atoms with van der Waals surface area (Å²) in [5.41, 5.74) is 21.0. The summed E-state index contributed by atoms with van der Waals surface area (Å²) in [5.74, 6) is -1.02. The van der Waals surface area contributed by atoms with E-state index in [1.807, 2.05) is 24.4 Å². The van der Waals surface area contributed by atoms with Gasteiger partial charge in [0.15, 0.2) is 0 Å². The Hall–Kier alpha value is -3.39. The van der Waals surface area contributed by atoms with Crippen LogP contribution in [0.5, 0.6) is 0 Å². The van der Waals surface area contributed by atoms with Gasteiger partial charge in [0, 0.05) is 34.3 Å². The van der Waals surface area contributed by atoms with Crippen LogP contribution >= 0.6 is 0 Å². The molecule has 1 aliphatic carbocycles. The summed E-state index contributed by atoms with van der Waals surface area (Å²) in [4.78, 5) is 23.5. The van der Waals surface area contributed by atoms with Gasteiger partial charge in [-0.1, -0.05) is 26.0 Å². The number of nitrogens with zero attached hydrogens (tertiary/aromatic N) is 2. The fraction of sp³-hybridized carbons (Fsp3) is 0.348. The summed E-state index contributed by atoms with van der Waals surface area (Å²) in [6.45, 7) is 6.35. The molecule has 1 fully saturated rings. The molecule has 0 spiro atoms. The Morgan fingerprint density at radius 1 is 1.10 bits per heavy atom. The first-order valence-electron chi connectivity index (χ1n) is 10.3. The standard InChI is InChI=1S/C23H28N6O2/c1-22(2)18(8-9-23(22,3)26)28-19-16(21(25)31)11-27-29-12-15(10-17(19)29)13-4-6-14(7-5-13)20(24)30/h4-7,10-12,18,28H,8-9,26H2,1-3H3,(H2,24,30)(H2,25,31)/t18-,23+/m1/s1. The van der Waals surface area contributed by atoms with Crippen molar-refractivity contribution in [1.29, 1.82) is 0 Å². The van der Waals surface area contributed by atoms with Gasteiger partial charge in [-0.3, -0.25) is 9.59 Å². The Kier molecular flexibility index (Phi) is 4.77. The van der Waals surface area contributed by atoms with E-state index in [0.29, 0.717) is 16.8 Å². The minimum atomic E-state index is -0.544. The molecule has 8 nitrogen and oxygen atoms in total. The molecule has 162 valence electrons. The molecule has 1 aliphatic rings. The average Bonchev–Trinajstić information content (AvgIpc) is 3.22. The number of nitrogens with two attached hydrogens (primary N) is 3. The van der Waals surface area contributed by atoms with Crippen molar-refractivity contribution in [3.05, 3.63) is 53.9 Å². The number of rotatable bonds is 5. The van der Waals surface area contributed by atoms with Crippen molar-refractivity contribution in [1.82, 2.24) is 9.61 Å². The molecular formula is C23H28N6O2. The molecule has 2 heterocycles. The lowest BCUT2D eigenvalue weighted by atomic mass is 9.75. The van der Waals surface area contributed by atoms with Crippen LogP contribution in [0.25, 0.3) is 16.6 Å². The largest absolute Gasteiger partial charge is 0.379 e. The summed E-state index contributed by atoms with van der Waals surface area (Å²) in [6, 6.07) is 9.05. The van der Waals surface area contributed by atoms with Gasteiger partial charge in [-0.15, -0.1) is 0 Å². The van der Waals surface area contributed by atoms with Crippen molar-refractivity contribution in [3.63, 3.8) is 0 Å². The molecule has 0 aliphatic heterocycles. The minimum Gasteiger partial charge on any atom is -0.379 e. The van der Waals surface area contributed by atoms with Gasteiger partial charge in [0.25, 0.3) is 5.91 Å². The molecule has 0 saturated heterocycles. The summed E-state index contributed by atoms with van der Waals surface area (Å²) >= 11 is 0.